The molecule has 1 aliphatic heterocycles. The molecule has 110 valence electrons. The van der Waals surface area contributed by atoms with Crippen LogP contribution in [0.1, 0.15) is 43.0 Å². The van der Waals surface area contributed by atoms with Crippen molar-refractivity contribution < 1.29 is 4.79 Å². The van der Waals surface area contributed by atoms with Gasteiger partial charge in [-0.1, -0.05) is 24.9 Å². The van der Waals surface area contributed by atoms with Crippen molar-refractivity contribution in [2.75, 3.05) is 19.6 Å². The number of hydrogen-bond acceptors (Lipinski definition) is 3. The van der Waals surface area contributed by atoms with E-state index in [1.165, 1.54) is 25.6 Å². The molecule has 1 aromatic rings. The Morgan fingerprint density at radius 3 is 2.90 bits per heavy atom. The van der Waals surface area contributed by atoms with Crippen LogP contribution >= 0.6 is 11.6 Å². The van der Waals surface area contributed by atoms with Gasteiger partial charge in [-0.15, -0.1) is 0 Å². The summed E-state index contributed by atoms with van der Waals surface area (Å²) in [7, 11) is 0. The molecular formula is C15H22ClN3O. The largest absolute Gasteiger partial charge is 0.349 e. The molecule has 5 heteroatoms. The maximum Gasteiger partial charge on any atom is 0.253 e. The lowest BCUT2D eigenvalue weighted by atomic mass is 10.0. The predicted octanol–water partition coefficient (Wildman–Crippen LogP) is 2.73. The Kier molecular flexibility index (Phi) is 5.80. The van der Waals surface area contributed by atoms with Gasteiger partial charge < -0.3 is 10.2 Å². The van der Waals surface area contributed by atoms with Gasteiger partial charge in [-0.2, -0.15) is 0 Å². The first-order chi connectivity index (χ1) is 9.70. The van der Waals surface area contributed by atoms with Crippen molar-refractivity contribution in [3.63, 3.8) is 0 Å². The molecule has 1 fully saturated rings. The lowest BCUT2D eigenvalue weighted by Gasteiger charge is -2.32. The van der Waals surface area contributed by atoms with E-state index < -0.39 is 0 Å². The maximum absolute atomic E-state index is 12.2. The topological polar surface area (TPSA) is 45.2 Å². The van der Waals surface area contributed by atoms with E-state index in [1.807, 2.05) is 0 Å². The number of carbonyl (C=O) groups excluding carboxylic acids is 1. The van der Waals surface area contributed by atoms with Crippen molar-refractivity contribution in [3.8, 4) is 0 Å². The van der Waals surface area contributed by atoms with Gasteiger partial charge >= 0.3 is 0 Å². The Hall–Kier alpha value is -1.13. The fraction of sp³-hybridized carbons (Fsp3) is 0.600. The van der Waals surface area contributed by atoms with Crippen LogP contribution in [0.25, 0.3) is 0 Å². The van der Waals surface area contributed by atoms with Crippen LogP contribution in [0.3, 0.4) is 0 Å². The molecule has 1 aliphatic rings. The average molecular weight is 296 g/mol. The molecule has 20 heavy (non-hydrogen) atoms. The summed E-state index contributed by atoms with van der Waals surface area (Å²) in [5.41, 5.74) is 0.509. The molecule has 1 saturated heterocycles. The first-order valence-electron chi connectivity index (χ1n) is 7.33. The Morgan fingerprint density at radius 2 is 2.25 bits per heavy atom. The highest BCUT2D eigenvalue weighted by Crippen LogP contribution is 2.15. The van der Waals surface area contributed by atoms with Crippen LogP contribution in [0.2, 0.25) is 5.02 Å². The molecule has 0 bridgehead atoms. The number of nitrogens with zero attached hydrogens (tertiary/aromatic N) is 2. The summed E-state index contributed by atoms with van der Waals surface area (Å²) in [6, 6.07) is 1.92. The van der Waals surface area contributed by atoms with Gasteiger partial charge in [-0.3, -0.25) is 9.78 Å². The number of amides is 1. The summed E-state index contributed by atoms with van der Waals surface area (Å²) in [5.74, 6) is -0.0931. The molecule has 0 atom stereocenters. The zero-order valence-electron chi connectivity index (χ0n) is 11.9. The zero-order valence-corrected chi connectivity index (χ0v) is 12.7. The van der Waals surface area contributed by atoms with Crippen LogP contribution in [0.5, 0.6) is 0 Å². The number of hydrogen-bond donors (Lipinski definition) is 1. The number of unbranched alkanes of at least 4 members (excludes halogenated alkanes) is 1. The van der Waals surface area contributed by atoms with E-state index in [0.29, 0.717) is 10.6 Å². The van der Waals surface area contributed by atoms with Crippen molar-refractivity contribution in [1.82, 2.24) is 15.2 Å². The third-order valence-electron chi connectivity index (χ3n) is 3.77. The van der Waals surface area contributed by atoms with Crippen LogP contribution in [0.15, 0.2) is 18.5 Å². The highest BCUT2D eigenvalue weighted by molar-refractivity contribution is 6.33. The number of aromatic nitrogens is 1. The van der Waals surface area contributed by atoms with Gasteiger partial charge in [-0.05, 0) is 31.9 Å². The first kappa shape index (κ1) is 15.3. The number of rotatable bonds is 5. The lowest BCUT2D eigenvalue weighted by Crippen LogP contribution is -2.44. The SMILES string of the molecule is CCCCN1CCC(NC(=O)c2ccncc2Cl)CC1. The number of carbonyl (C=O) groups is 1. The van der Waals surface area contributed by atoms with Gasteiger partial charge in [0.1, 0.15) is 0 Å². The third-order valence-corrected chi connectivity index (χ3v) is 4.07. The van der Waals surface area contributed by atoms with Crippen molar-refractivity contribution in [1.29, 1.82) is 0 Å². The number of pyridine rings is 1. The first-order valence-corrected chi connectivity index (χ1v) is 7.71. The molecule has 0 saturated carbocycles. The standard InChI is InChI=1S/C15H22ClN3O/c1-2-3-8-19-9-5-12(6-10-19)18-15(20)13-4-7-17-11-14(13)16/h4,7,11-12H,2-3,5-6,8-10H2,1H3,(H,18,20). The van der Waals surface area contributed by atoms with Gasteiger partial charge in [0.05, 0.1) is 10.6 Å². The summed E-state index contributed by atoms with van der Waals surface area (Å²) < 4.78 is 0. The van der Waals surface area contributed by atoms with E-state index in [9.17, 15) is 4.79 Å². The summed E-state index contributed by atoms with van der Waals surface area (Å²) in [4.78, 5) is 18.5. The van der Waals surface area contributed by atoms with Crippen molar-refractivity contribution >= 4 is 17.5 Å². The molecule has 2 heterocycles. The van der Waals surface area contributed by atoms with Crippen LogP contribution in [-0.2, 0) is 0 Å². The van der Waals surface area contributed by atoms with Crippen molar-refractivity contribution in [2.45, 2.75) is 38.6 Å². The predicted molar refractivity (Wildman–Crippen MR) is 81.1 cm³/mol. The molecule has 0 spiro atoms. The molecule has 0 aliphatic carbocycles. The fourth-order valence-corrected chi connectivity index (χ4v) is 2.71. The Bertz CT molecular complexity index is 444. The number of halogens is 1. The second-order valence-corrected chi connectivity index (χ2v) is 5.71. The van der Waals surface area contributed by atoms with Gasteiger partial charge in [0.2, 0.25) is 0 Å². The van der Waals surface area contributed by atoms with Crippen LogP contribution in [-0.4, -0.2) is 41.5 Å². The van der Waals surface area contributed by atoms with E-state index in [4.69, 9.17) is 11.6 Å². The monoisotopic (exact) mass is 295 g/mol. The molecule has 1 N–H and O–H groups in total. The average Bonchev–Trinajstić information content (AvgIpc) is 2.47. The highest BCUT2D eigenvalue weighted by Gasteiger charge is 2.21. The maximum atomic E-state index is 12.2. The van der Waals surface area contributed by atoms with Gasteiger partial charge in [0.25, 0.3) is 5.91 Å². The van der Waals surface area contributed by atoms with Gasteiger partial charge in [0, 0.05) is 31.5 Å². The Morgan fingerprint density at radius 1 is 1.50 bits per heavy atom. The second kappa shape index (κ2) is 7.60. The number of piperidine rings is 1. The summed E-state index contributed by atoms with van der Waals surface area (Å²) >= 11 is 5.99. The minimum atomic E-state index is -0.0931. The summed E-state index contributed by atoms with van der Waals surface area (Å²) in [6.45, 7) is 5.52. The fourth-order valence-electron chi connectivity index (χ4n) is 2.51. The van der Waals surface area contributed by atoms with E-state index in [-0.39, 0.29) is 11.9 Å². The molecule has 1 aromatic heterocycles. The minimum absolute atomic E-state index is 0.0931. The smallest absolute Gasteiger partial charge is 0.253 e. The minimum Gasteiger partial charge on any atom is -0.349 e. The molecule has 0 radical (unpaired) electrons. The third kappa shape index (κ3) is 4.18. The summed E-state index contributed by atoms with van der Waals surface area (Å²) in [5, 5.41) is 3.48. The molecule has 2 rings (SSSR count). The lowest BCUT2D eigenvalue weighted by molar-refractivity contribution is 0.0911. The number of nitrogens with one attached hydrogen (secondary N) is 1. The molecule has 0 unspecified atom stereocenters. The number of likely N-dealkylation sites (tertiary alicyclic amines) is 1. The quantitative estimate of drug-likeness (QED) is 0.908. The van der Waals surface area contributed by atoms with E-state index in [1.54, 1.807) is 12.3 Å². The van der Waals surface area contributed by atoms with Crippen molar-refractivity contribution in [3.05, 3.63) is 29.0 Å². The summed E-state index contributed by atoms with van der Waals surface area (Å²) in [6.07, 6.45) is 7.61. The molecular weight excluding hydrogens is 274 g/mol. The van der Waals surface area contributed by atoms with Crippen LogP contribution in [0, 0.1) is 0 Å². The van der Waals surface area contributed by atoms with Gasteiger partial charge in [-0.25, -0.2) is 0 Å². The van der Waals surface area contributed by atoms with E-state index >= 15 is 0 Å². The zero-order chi connectivity index (χ0) is 14.4. The normalized spacial score (nSPS) is 17.1. The van der Waals surface area contributed by atoms with Crippen LogP contribution < -0.4 is 5.32 Å². The van der Waals surface area contributed by atoms with E-state index in [0.717, 1.165) is 25.9 Å². The Balaban J connectivity index is 1.81. The second-order valence-electron chi connectivity index (χ2n) is 5.30. The molecule has 4 nitrogen and oxygen atoms in total. The Labute approximate surface area is 125 Å². The highest BCUT2D eigenvalue weighted by atomic mass is 35.5. The van der Waals surface area contributed by atoms with Crippen LogP contribution in [0.4, 0.5) is 0 Å². The van der Waals surface area contributed by atoms with Gasteiger partial charge in [0.15, 0.2) is 0 Å². The molecule has 0 aromatic carbocycles. The molecule has 1 amide bonds. The van der Waals surface area contributed by atoms with Crippen molar-refractivity contribution in [2.24, 2.45) is 0 Å². The van der Waals surface area contributed by atoms with E-state index in [2.05, 4.69) is 22.1 Å².